The average Bonchev–Trinajstić information content (AvgIpc) is 3.20. The summed E-state index contributed by atoms with van der Waals surface area (Å²) in [5, 5.41) is 0.706. The standard InChI is InChI=1S/C18H22N2O3S/c1-22-15-8-11-7-14-17(21)20(13-5-3-4-6-13)18(24)19(14)10-12(11)9-16(15)23-2/h8-9,13-14H,3-7,10H2,1-2H3/t14-/m0/s1. The Balaban J connectivity index is 1.66. The van der Waals surface area contributed by atoms with Gasteiger partial charge in [0.1, 0.15) is 6.04 Å². The van der Waals surface area contributed by atoms with Crippen molar-refractivity contribution in [3.05, 3.63) is 23.3 Å². The van der Waals surface area contributed by atoms with Gasteiger partial charge >= 0.3 is 0 Å². The maximum atomic E-state index is 13.0. The van der Waals surface area contributed by atoms with Crippen molar-refractivity contribution < 1.29 is 14.3 Å². The summed E-state index contributed by atoms with van der Waals surface area (Å²) >= 11 is 5.67. The molecule has 2 fully saturated rings. The van der Waals surface area contributed by atoms with Crippen LogP contribution in [-0.2, 0) is 17.8 Å². The van der Waals surface area contributed by atoms with E-state index < -0.39 is 0 Å². The molecule has 4 rings (SSSR count). The van der Waals surface area contributed by atoms with E-state index in [4.69, 9.17) is 21.7 Å². The molecule has 2 heterocycles. The van der Waals surface area contributed by atoms with Crippen LogP contribution in [-0.4, -0.2) is 47.1 Å². The quantitative estimate of drug-likeness (QED) is 0.787. The molecule has 2 aliphatic heterocycles. The van der Waals surface area contributed by atoms with Gasteiger partial charge in [0.05, 0.1) is 14.2 Å². The van der Waals surface area contributed by atoms with Crippen molar-refractivity contribution in [1.82, 2.24) is 9.80 Å². The average molecular weight is 346 g/mol. The minimum absolute atomic E-state index is 0.163. The van der Waals surface area contributed by atoms with Gasteiger partial charge in [0, 0.05) is 19.0 Å². The molecule has 0 aromatic heterocycles. The molecule has 1 saturated carbocycles. The zero-order valence-corrected chi connectivity index (χ0v) is 14.9. The second-order valence-corrected chi connectivity index (χ2v) is 7.12. The Hall–Kier alpha value is -1.82. The van der Waals surface area contributed by atoms with E-state index >= 15 is 0 Å². The molecule has 5 nitrogen and oxygen atoms in total. The lowest BCUT2D eigenvalue weighted by atomic mass is 9.94. The number of nitrogens with zero attached hydrogens (tertiary/aromatic N) is 2. The smallest absolute Gasteiger partial charge is 0.252 e. The maximum absolute atomic E-state index is 13.0. The Bertz CT molecular complexity index is 649. The summed E-state index contributed by atoms with van der Waals surface area (Å²) in [6.45, 7) is 0.661. The summed E-state index contributed by atoms with van der Waals surface area (Å²) in [6.07, 6.45) is 5.20. The summed E-state index contributed by atoms with van der Waals surface area (Å²) < 4.78 is 10.8. The first-order valence-corrected chi connectivity index (χ1v) is 8.92. The molecule has 0 radical (unpaired) electrons. The first kappa shape index (κ1) is 15.7. The van der Waals surface area contributed by atoms with E-state index in [0.717, 1.165) is 29.7 Å². The van der Waals surface area contributed by atoms with E-state index in [1.165, 1.54) is 12.8 Å². The molecule has 0 bridgehead atoms. The number of fused-ring (bicyclic) bond motifs is 2. The van der Waals surface area contributed by atoms with Crippen molar-refractivity contribution in [2.45, 2.75) is 50.7 Å². The van der Waals surface area contributed by atoms with Crippen molar-refractivity contribution in [3.8, 4) is 11.5 Å². The van der Waals surface area contributed by atoms with Gasteiger partial charge in [0.2, 0.25) is 0 Å². The zero-order chi connectivity index (χ0) is 16.8. The number of rotatable bonds is 3. The van der Waals surface area contributed by atoms with Crippen molar-refractivity contribution in [3.63, 3.8) is 0 Å². The van der Waals surface area contributed by atoms with Crippen molar-refractivity contribution in [1.29, 1.82) is 0 Å². The third-order valence-electron chi connectivity index (χ3n) is 5.50. The van der Waals surface area contributed by atoms with E-state index in [1.54, 1.807) is 14.2 Å². The van der Waals surface area contributed by atoms with Gasteiger partial charge in [-0.1, -0.05) is 12.8 Å². The first-order valence-electron chi connectivity index (χ1n) is 8.51. The molecule has 0 N–H and O–H groups in total. The SMILES string of the molecule is COc1cc2c(cc1OC)CN1C(=S)N(C3CCCC3)C(=O)[C@@H]1C2. The highest BCUT2D eigenvalue weighted by molar-refractivity contribution is 7.80. The fourth-order valence-corrected chi connectivity index (χ4v) is 4.66. The van der Waals surface area contributed by atoms with Crippen LogP contribution in [0.4, 0.5) is 0 Å². The number of methoxy groups -OCH3 is 2. The predicted octanol–water partition coefficient (Wildman–Crippen LogP) is 2.50. The number of amides is 1. The highest BCUT2D eigenvalue weighted by Gasteiger charge is 2.47. The number of carbonyl (C=O) groups excluding carboxylic acids is 1. The minimum Gasteiger partial charge on any atom is -0.493 e. The fraction of sp³-hybridized carbons (Fsp3) is 0.556. The normalized spacial score (nSPS) is 23.5. The van der Waals surface area contributed by atoms with E-state index in [0.29, 0.717) is 29.9 Å². The number of hydrogen-bond acceptors (Lipinski definition) is 4. The second kappa shape index (κ2) is 5.92. The third kappa shape index (κ3) is 2.27. The van der Waals surface area contributed by atoms with Gasteiger partial charge < -0.3 is 14.4 Å². The Morgan fingerprint density at radius 2 is 1.71 bits per heavy atom. The van der Waals surface area contributed by atoms with Gasteiger partial charge in [-0.05, 0) is 48.3 Å². The van der Waals surface area contributed by atoms with Crippen LogP contribution in [0.25, 0.3) is 0 Å². The molecule has 1 aromatic rings. The predicted molar refractivity (Wildman–Crippen MR) is 94.3 cm³/mol. The van der Waals surface area contributed by atoms with Crippen LogP contribution in [0.2, 0.25) is 0 Å². The lowest BCUT2D eigenvalue weighted by molar-refractivity contribution is -0.129. The Labute approximate surface area is 147 Å². The van der Waals surface area contributed by atoms with Gasteiger partial charge in [0.15, 0.2) is 16.6 Å². The van der Waals surface area contributed by atoms with Crippen LogP contribution in [0.15, 0.2) is 12.1 Å². The summed E-state index contributed by atoms with van der Waals surface area (Å²) in [4.78, 5) is 16.9. The lowest BCUT2D eigenvalue weighted by Crippen LogP contribution is -2.40. The Kier molecular flexibility index (Phi) is 3.87. The van der Waals surface area contributed by atoms with E-state index in [2.05, 4.69) is 4.90 Å². The van der Waals surface area contributed by atoms with Gasteiger partial charge in [-0.2, -0.15) is 0 Å². The molecule has 6 heteroatoms. The minimum atomic E-state index is -0.163. The summed E-state index contributed by atoms with van der Waals surface area (Å²) in [7, 11) is 3.28. The summed E-state index contributed by atoms with van der Waals surface area (Å²) in [5.41, 5.74) is 2.31. The van der Waals surface area contributed by atoms with E-state index in [1.807, 2.05) is 17.0 Å². The Morgan fingerprint density at radius 3 is 2.33 bits per heavy atom. The number of thiocarbonyl (C=S) groups is 1. The van der Waals surface area contributed by atoms with E-state index in [-0.39, 0.29) is 11.9 Å². The van der Waals surface area contributed by atoms with Crippen LogP contribution < -0.4 is 9.47 Å². The highest BCUT2D eigenvalue weighted by Crippen LogP contribution is 2.38. The molecule has 24 heavy (non-hydrogen) atoms. The van der Waals surface area contributed by atoms with Crippen LogP contribution in [0.1, 0.15) is 36.8 Å². The molecule has 0 spiro atoms. The number of hydrogen-bond donors (Lipinski definition) is 0. The van der Waals surface area contributed by atoms with Gasteiger partial charge in [0.25, 0.3) is 5.91 Å². The van der Waals surface area contributed by atoms with Crippen LogP contribution in [0.5, 0.6) is 11.5 Å². The fourth-order valence-electron chi connectivity index (χ4n) is 4.23. The van der Waals surface area contributed by atoms with Crippen molar-refractivity contribution in [2.24, 2.45) is 0 Å². The zero-order valence-electron chi connectivity index (χ0n) is 14.1. The monoisotopic (exact) mass is 346 g/mol. The van der Waals surface area contributed by atoms with Gasteiger partial charge in [-0.25, -0.2) is 0 Å². The molecule has 0 unspecified atom stereocenters. The number of benzene rings is 1. The molecule has 1 amide bonds. The largest absolute Gasteiger partial charge is 0.493 e. The van der Waals surface area contributed by atoms with Crippen molar-refractivity contribution in [2.75, 3.05) is 14.2 Å². The molecule has 1 saturated heterocycles. The molecular formula is C18H22N2O3S. The van der Waals surface area contributed by atoms with Gasteiger partial charge in [-0.15, -0.1) is 0 Å². The number of ether oxygens (including phenoxy) is 2. The summed E-state index contributed by atoms with van der Waals surface area (Å²) in [6, 6.07) is 4.14. The molecule has 128 valence electrons. The third-order valence-corrected chi connectivity index (χ3v) is 5.93. The summed E-state index contributed by atoms with van der Waals surface area (Å²) in [5.74, 6) is 1.61. The molecule has 1 aliphatic carbocycles. The molecule has 1 atom stereocenters. The van der Waals surface area contributed by atoms with Crippen LogP contribution >= 0.6 is 12.2 Å². The lowest BCUT2D eigenvalue weighted by Gasteiger charge is -2.31. The highest BCUT2D eigenvalue weighted by atomic mass is 32.1. The van der Waals surface area contributed by atoms with Crippen LogP contribution in [0.3, 0.4) is 0 Å². The molecular weight excluding hydrogens is 324 g/mol. The van der Waals surface area contributed by atoms with Crippen molar-refractivity contribution >= 4 is 23.2 Å². The Morgan fingerprint density at radius 1 is 1.08 bits per heavy atom. The maximum Gasteiger partial charge on any atom is 0.252 e. The topological polar surface area (TPSA) is 42.0 Å². The van der Waals surface area contributed by atoms with Gasteiger partial charge in [-0.3, -0.25) is 9.69 Å². The van der Waals surface area contributed by atoms with Crippen LogP contribution in [0, 0.1) is 0 Å². The molecule has 1 aromatic carbocycles. The van der Waals surface area contributed by atoms with E-state index in [9.17, 15) is 4.79 Å². The number of carbonyl (C=O) groups is 1. The molecule has 3 aliphatic rings. The first-order chi connectivity index (χ1) is 11.6. The second-order valence-electron chi connectivity index (χ2n) is 6.75.